The molecule has 0 aliphatic carbocycles. The first-order valence-corrected chi connectivity index (χ1v) is 9.90. The molecule has 152 valence electrons. The van der Waals surface area contributed by atoms with Crippen LogP contribution in [0.15, 0.2) is 59.6 Å². The zero-order valence-electron chi connectivity index (χ0n) is 17.6. The molecular formula is C23H29N5O. The number of rotatable bonds is 7. The smallest absolute Gasteiger partial charge is 0.191 e. The Morgan fingerprint density at radius 2 is 1.76 bits per heavy atom. The summed E-state index contributed by atoms with van der Waals surface area (Å²) in [6.45, 7) is 8.16. The van der Waals surface area contributed by atoms with Crippen LogP contribution in [-0.4, -0.2) is 22.3 Å². The van der Waals surface area contributed by atoms with Gasteiger partial charge in [0.05, 0.1) is 12.2 Å². The number of aryl methyl sites for hydroxylation is 2. The Labute approximate surface area is 172 Å². The molecule has 6 heteroatoms. The second-order valence-corrected chi connectivity index (χ2v) is 6.84. The molecule has 0 aliphatic heterocycles. The number of aliphatic imine (C=N–C) groups is 1. The zero-order valence-corrected chi connectivity index (χ0v) is 17.6. The van der Waals surface area contributed by atoms with E-state index in [0.29, 0.717) is 13.1 Å². The van der Waals surface area contributed by atoms with E-state index < -0.39 is 0 Å². The van der Waals surface area contributed by atoms with Gasteiger partial charge in [0.15, 0.2) is 5.96 Å². The number of aromatic nitrogens is 2. The highest BCUT2D eigenvalue weighted by Crippen LogP contribution is 2.25. The van der Waals surface area contributed by atoms with Crippen LogP contribution in [0.1, 0.15) is 29.4 Å². The van der Waals surface area contributed by atoms with Gasteiger partial charge in [-0.05, 0) is 39.0 Å². The van der Waals surface area contributed by atoms with Crippen LogP contribution in [0, 0.1) is 13.8 Å². The minimum Gasteiger partial charge on any atom is -0.457 e. The molecule has 0 unspecified atom stereocenters. The van der Waals surface area contributed by atoms with E-state index in [4.69, 9.17) is 9.73 Å². The fraction of sp³-hybridized carbons (Fsp3) is 0.304. The molecule has 0 radical (unpaired) electrons. The van der Waals surface area contributed by atoms with Gasteiger partial charge in [-0.3, -0.25) is 4.68 Å². The summed E-state index contributed by atoms with van der Waals surface area (Å²) in [5, 5.41) is 11.2. The number of nitrogens with zero attached hydrogens (tertiary/aromatic N) is 3. The van der Waals surface area contributed by atoms with Crippen molar-refractivity contribution in [2.24, 2.45) is 12.0 Å². The fourth-order valence-electron chi connectivity index (χ4n) is 3.10. The highest BCUT2D eigenvalue weighted by Gasteiger charge is 2.10. The molecule has 0 fully saturated rings. The van der Waals surface area contributed by atoms with Crippen molar-refractivity contribution in [3.63, 3.8) is 0 Å². The molecule has 6 nitrogen and oxygen atoms in total. The third kappa shape index (κ3) is 5.38. The number of nitrogens with one attached hydrogen (secondary N) is 2. The maximum Gasteiger partial charge on any atom is 0.191 e. The molecule has 1 aromatic heterocycles. The minimum atomic E-state index is 0.517. The van der Waals surface area contributed by atoms with E-state index in [1.54, 1.807) is 0 Å². The van der Waals surface area contributed by atoms with Crippen LogP contribution < -0.4 is 15.4 Å². The molecule has 29 heavy (non-hydrogen) atoms. The summed E-state index contributed by atoms with van der Waals surface area (Å²) in [6, 6.07) is 17.8. The lowest BCUT2D eigenvalue weighted by atomic mass is 10.2. The van der Waals surface area contributed by atoms with E-state index in [1.807, 2.05) is 73.3 Å². The van der Waals surface area contributed by atoms with E-state index in [1.165, 1.54) is 5.56 Å². The Balaban J connectivity index is 1.72. The molecule has 2 aromatic carbocycles. The van der Waals surface area contributed by atoms with Crippen LogP contribution in [-0.2, 0) is 20.1 Å². The quantitative estimate of drug-likeness (QED) is 0.470. The average Bonchev–Trinajstić information content (AvgIpc) is 2.97. The molecule has 0 saturated heterocycles. The normalized spacial score (nSPS) is 11.4. The topological polar surface area (TPSA) is 63.5 Å². The van der Waals surface area contributed by atoms with E-state index in [-0.39, 0.29) is 0 Å². The predicted molar refractivity (Wildman–Crippen MR) is 117 cm³/mol. The van der Waals surface area contributed by atoms with Crippen molar-refractivity contribution in [2.75, 3.05) is 6.54 Å². The monoisotopic (exact) mass is 391 g/mol. The van der Waals surface area contributed by atoms with Crippen molar-refractivity contribution in [3.05, 3.63) is 77.1 Å². The first-order valence-electron chi connectivity index (χ1n) is 9.90. The van der Waals surface area contributed by atoms with Crippen molar-refractivity contribution < 1.29 is 4.74 Å². The van der Waals surface area contributed by atoms with Crippen LogP contribution in [0.2, 0.25) is 0 Å². The average molecular weight is 392 g/mol. The fourth-order valence-corrected chi connectivity index (χ4v) is 3.10. The summed E-state index contributed by atoms with van der Waals surface area (Å²) in [4.78, 5) is 4.75. The SMILES string of the molecule is CCNC(=NCc1ccccc1Oc1ccccc1)NCc1c(C)nn(C)c1C. The predicted octanol–water partition coefficient (Wildman–Crippen LogP) is 4.08. The molecular weight excluding hydrogens is 362 g/mol. The molecule has 3 aromatic rings. The van der Waals surface area contributed by atoms with Gasteiger partial charge in [-0.25, -0.2) is 4.99 Å². The Bertz CT molecular complexity index is 963. The van der Waals surface area contributed by atoms with Gasteiger partial charge in [0, 0.05) is 37.0 Å². The molecule has 0 atom stereocenters. The summed E-state index contributed by atoms with van der Waals surface area (Å²) in [6.07, 6.45) is 0. The van der Waals surface area contributed by atoms with Gasteiger partial charge >= 0.3 is 0 Å². The van der Waals surface area contributed by atoms with Gasteiger partial charge in [-0.15, -0.1) is 0 Å². The van der Waals surface area contributed by atoms with Crippen LogP contribution in [0.4, 0.5) is 0 Å². The molecule has 0 saturated carbocycles. The number of ether oxygens (including phenoxy) is 1. The molecule has 2 N–H and O–H groups in total. The van der Waals surface area contributed by atoms with Crippen molar-refractivity contribution >= 4 is 5.96 Å². The molecule has 3 rings (SSSR count). The van der Waals surface area contributed by atoms with E-state index in [0.717, 1.165) is 41.0 Å². The summed E-state index contributed by atoms with van der Waals surface area (Å²) >= 11 is 0. The largest absolute Gasteiger partial charge is 0.457 e. The Morgan fingerprint density at radius 3 is 2.45 bits per heavy atom. The Morgan fingerprint density at radius 1 is 1.03 bits per heavy atom. The van der Waals surface area contributed by atoms with Gasteiger partial charge in [0.1, 0.15) is 11.5 Å². The van der Waals surface area contributed by atoms with Crippen molar-refractivity contribution in [1.82, 2.24) is 20.4 Å². The van der Waals surface area contributed by atoms with Gasteiger partial charge in [-0.2, -0.15) is 5.10 Å². The second kappa shape index (κ2) is 9.78. The maximum absolute atomic E-state index is 6.04. The number of para-hydroxylation sites is 2. The molecule has 0 bridgehead atoms. The van der Waals surface area contributed by atoms with Crippen LogP contribution in [0.25, 0.3) is 0 Å². The molecule has 0 amide bonds. The van der Waals surface area contributed by atoms with Gasteiger partial charge in [-0.1, -0.05) is 36.4 Å². The van der Waals surface area contributed by atoms with Crippen LogP contribution >= 0.6 is 0 Å². The summed E-state index contributed by atoms with van der Waals surface area (Å²) in [5.41, 5.74) is 4.43. The number of hydrogen-bond acceptors (Lipinski definition) is 3. The minimum absolute atomic E-state index is 0.517. The van der Waals surface area contributed by atoms with E-state index in [2.05, 4.69) is 29.6 Å². The first-order chi connectivity index (χ1) is 14.1. The lowest BCUT2D eigenvalue weighted by Crippen LogP contribution is -2.37. The third-order valence-electron chi connectivity index (χ3n) is 4.79. The lowest BCUT2D eigenvalue weighted by Gasteiger charge is -2.13. The standard InChI is InChI=1S/C23H29N5O/c1-5-24-23(26-16-21-17(2)27-28(4)18(21)3)25-15-19-11-9-10-14-22(19)29-20-12-7-6-8-13-20/h6-14H,5,15-16H2,1-4H3,(H2,24,25,26). The number of guanidine groups is 1. The Hall–Kier alpha value is -3.28. The lowest BCUT2D eigenvalue weighted by molar-refractivity contribution is 0.476. The van der Waals surface area contributed by atoms with Crippen LogP contribution in [0.5, 0.6) is 11.5 Å². The summed E-state index contributed by atoms with van der Waals surface area (Å²) < 4.78 is 7.95. The van der Waals surface area contributed by atoms with Crippen LogP contribution in [0.3, 0.4) is 0 Å². The van der Waals surface area contributed by atoms with Crippen molar-refractivity contribution in [1.29, 1.82) is 0 Å². The van der Waals surface area contributed by atoms with E-state index in [9.17, 15) is 0 Å². The van der Waals surface area contributed by atoms with Crippen molar-refractivity contribution in [3.8, 4) is 11.5 Å². The third-order valence-corrected chi connectivity index (χ3v) is 4.79. The Kier molecular flexibility index (Phi) is 6.89. The second-order valence-electron chi connectivity index (χ2n) is 6.84. The van der Waals surface area contributed by atoms with Gasteiger partial charge in [0.25, 0.3) is 0 Å². The molecule has 0 spiro atoms. The number of hydrogen-bond donors (Lipinski definition) is 2. The molecule has 1 heterocycles. The highest BCUT2D eigenvalue weighted by atomic mass is 16.5. The summed E-state index contributed by atoms with van der Waals surface area (Å²) in [5.74, 6) is 2.40. The van der Waals surface area contributed by atoms with Gasteiger partial charge in [0.2, 0.25) is 0 Å². The highest BCUT2D eigenvalue weighted by molar-refractivity contribution is 5.79. The van der Waals surface area contributed by atoms with Crippen molar-refractivity contribution in [2.45, 2.75) is 33.9 Å². The number of benzene rings is 2. The molecule has 0 aliphatic rings. The summed E-state index contributed by atoms with van der Waals surface area (Å²) in [7, 11) is 1.97. The maximum atomic E-state index is 6.04. The van der Waals surface area contributed by atoms with Gasteiger partial charge < -0.3 is 15.4 Å². The first kappa shape index (κ1) is 20.5. The zero-order chi connectivity index (χ0) is 20.6. The van der Waals surface area contributed by atoms with E-state index >= 15 is 0 Å².